The number of aldehydes is 1. The molecule has 0 atom stereocenters. The standard InChI is InChI=1S/C14H9NO4S/c16-9-11-3-1-2-4-13(11)20-14(17)10-5-7-12(8-6-10)15(18)19/h1-9H. The first kappa shape index (κ1) is 14.0. The van der Waals surface area contributed by atoms with E-state index in [1.165, 1.54) is 24.3 Å². The number of carbonyl (C=O) groups is 2. The SMILES string of the molecule is O=Cc1ccccc1SC(=O)c1ccc([N+](=O)[O-])cc1. The molecule has 0 aliphatic carbocycles. The molecule has 2 aromatic rings. The van der Waals surface area contributed by atoms with E-state index < -0.39 is 4.92 Å². The number of hydrogen-bond acceptors (Lipinski definition) is 5. The smallest absolute Gasteiger partial charge is 0.269 e. The van der Waals surface area contributed by atoms with Crippen LogP contribution in [0, 0.1) is 10.1 Å². The van der Waals surface area contributed by atoms with Gasteiger partial charge in [-0.05, 0) is 30.0 Å². The van der Waals surface area contributed by atoms with Crippen molar-refractivity contribution < 1.29 is 14.5 Å². The quantitative estimate of drug-likeness (QED) is 0.373. The number of nitro groups is 1. The van der Waals surface area contributed by atoms with Crippen molar-refractivity contribution in [2.24, 2.45) is 0 Å². The van der Waals surface area contributed by atoms with Crippen LogP contribution in [0.3, 0.4) is 0 Å². The van der Waals surface area contributed by atoms with E-state index >= 15 is 0 Å². The van der Waals surface area contributed by atoms with E-state index in [0.717, 1.165) is 11.8 Å². The number of non-ortho nitro benzene ring substituents is 1. The Morgan fingerprint density at radius 2 is 1.75 bits per heavy atom. The summed E-state index contributed by atoms with van der Waals surface area (Å²) in [7, 11) is 0. The molecule has 6 heteroatoms. The van der Waals surface area contributed by atoms with E-state index in [9.17, 15) is 19.7 Å². The highest BCUT2D eigenvalue weighted by Crippen LogP contribution is 2.26. The first-order chi connectivity index (χ1) is 9.61. The second kappa shape index (κ2) is 6.12. The molecule has 0 N–H and O–H groups in total. The molecule has 0 amide bonds. The van der Waals surface area contributed by atoms with Crippen LogP contribution in [0.2, 0.25) is 0 Å². The second-order valence-electron chi connectivity index (χ2n) is 3.85. The van der Waals surface area contributed by atoms with E-state index in [-0.39, 0.29) is 10.8 Å². The van der Waals surface area contributed by atoms with Crippen molar-refractivity contribution in [3.63, 3.8) is 0 Å². The van der Waals surface area contributed by atoms with Crippen LogP contribution < -0.4 is 0 Å². The molecule has 0 saturated heterocycles. The molecule has 100 valence electrons. The van der Waals surface area contributed by atoms with Gasteiger partial charge in [0.1, 0.15) is 0 Å². The summed E-state index contributed by atoms with van der Waals surface area (Å²) >= 11 is 0.922. The van der Waals surface area contributed by atoms with Gasteiger partial charge in [0.25, 0.3) is 5.69 Å². The van der Waals surface area contributed by atoms with Crippen LogP contribution in [0.15, 0.2) is 53.4 Å². The normalized spacial score (nSPS) is 10.0. The number of thioether (sulfide) groups is 1. The molecule has 0 spiro atoms. The zero-order valence-corrected chi connectivity index (χ0v) is 11.0. The topological polar surface area (TPSA) is 77.3 Å². The molecule has 2 aromatic carbocycles. The third-order valence-corrected chi connectivity index (χ3v) is 3.58. The molecule has 2 rings (SSSR count). The molecule has 5 nitrogen and oxygen atoms in total. The molecule has 0 aliphatic rings. The van der Waals surface area contributed by atoms with Crippen molar-refractivity contribution in [3.05, 3.63) is 69.8 Å². The van der Waals surface area contributed by atoms with Crippen LogP contribution in [-0.4, -0.2) is 16.3 Å². The fraction of sp³-hybridized carbons (Fsp3) is 0. The Bertz CT molecular complexity index is 667. The molecule has 0 unspecified atom stereocenters. The highest BCUT2D eigenvalue weighted by molar-refractivity contribution is 8.14. The lowest BCUT2D eigenvalue weighted by atomic mass is 10.2. The van der Waals surface area contributed by atoms with Gasteiger partial charge in [-0.25, -0.2) is 0 Å². The molecule has 0 aromatic heterocycles. The molecule has 0 heterocycles. The summed E-state index contributed by atoms with van der Waals surface area (Å²) in [5.74, 6) is 0. The van der Waals surface area contributed by atoms with Crippen LogP contribution >= 0.6 is 11.8 Å². The zero-order chi connectivity index (χ0) is 14.5. The van der Waals surface area contributed by atoms with Crippen molar-refractivity contribution in [2.75, 3.05) is 0 Å². The van der Waals surface area contributed by atoms with Crippen molar-refractivity contribution in [3.8, 4) is 0 Å². The van der Waals surface area contributed by atoms with Gasteiger partial charge in [-0.1, -0.05) is 18.2 Å². The first-order valence-corrected chi connectivity index (χ1v) is 6.44. The molecule has 0 bridgehead atoms. The Balaban J connectivity index is 2.19. The summed E-state index contributed by atoms with van der Waals surface area (Å²) in [4.78, 5) is 33.5. The Kier molecular flexibility index (Phi) is 4.27. The lowest BCUT2D eigenvalue weighted by molar-refractivity contribution is -0.384. The Morgan fingerprint density at radius 3 is 2.35 bits per heavy atom. The minimum atomic E-state index is -0.525. The van der Waals surface area contributed by atoms with Gasteiger partial charge < -0.3 is 0 Å². The maximum absolute atomic E-state index is 12.0. The summed E-state index contributed by atoms with van der Waals surface area (Å²) in [5, 5.41) is 10.3. The average Bonchev–Trinajstić information content (AvgIpc) is 2.48. The Morgan fingerprint density at radius 1 is 1.10 bits per heavy atom. The van der Waals surface area contributed by atoms with Crippen LogP contribution in [0.5, 0.6) is 0 Å². The first-order valence-electron chi connectivity index (χ1n) is 5.62. The van der Waals surface area contributed by atoms with Crippen molar-refractivity contribution in [1.82, 2.24) is 0 Å². The second-order valence-corrected chi connectivity index (χ2v) is 4.86. The fourth-order valence-electron chi connectivity index (χ4n) is 1.55. The molecule has 0 radical (unpaired) electrons. The highest BCUT2D eigenvalue weighted by Gasteiger charge is 2.12. The molecular weight excluding hydrogens is 278 g/mol. The Hall–Kier alpha value is -2.47. The highest BCUT2D eigenvalue weighted by atomic mass is 32.2. The third-order valence-electron chi connectivity index (χ3n) is 2.56. The molecule has 0 aliphatic heterocycles. The van der Waals surface area contributed by atoms with Crippen LogP contribution in [0.1, 0.15) is 20.7 Å². The van der Waals surface area contributed by atoms with E-state index in [1.807, 2.05) is 0 Å². The van der Waals surface area contributed by atoms with Crippen LogP contribution in [-0.2, 0) is 0 Å². The molecular formula is C14H9NO4S. The number of benzene rings is 2. The maximum Gasteiger partial charge on any atom is 0.269 e. The lowest BCUT2D eigenvalue weighted by Gasteiger charge is -2.03. The molecule has 20 heavy (non-hydrogen) atoms. The third kappa shape index (κ3) is 3.10. The summed E-state index contributed by atoms with van der Waals surface area (Å²) in [5.41, 5.74) is 0.717. The van der Waals surface area contributed by atoms with E-state index in [4.69, 9.17) is 0 Å². The van der Waals surface area contributed by atoms with E-state index in [2.05, 4.69) is 0 Å². The van der Waals surface area contributed by atoms with Crippen molar-refractivity contribution in [2.45, 2.75) is 4.90 Å². The van der Waals surface area contributed by atoms with Gasteiger partial charge in [0, 0.05) is 28.2 Å². The van der Waals surface area contributed by atoms with Gasteiger partial charge in [0.05, 0.1) is 4.92 Å². The minimum absolute atomic E-state index is 0.0696. The van der Waals surface area contributed by atoms with Gasteiger partial charge >= 0.3 is 0 Å². The van der Waals surface area contributed by atoms with Crippen molar-refractivity contribution >= 4 is 28.9 Å². The summed E-state index contributed by atoms with van der Waals surface area (Å²) < 4.78 is 0. The number of nitro benzene ring substituents is 1. The van der Waals surface area contributed by atoms with Crippen LogP contribution in [0.25, 0.3) is 0 Å². The van der Waals surface area contributed by atoms with Crippen LogP contribution in [0.4, 0.5) is 5.69 Å². The van der Waals surface area contributed by atoms with Gasteiger partial charge in [-0.15, -0.1) is 0 Å². The van der Waals surface area contributed by atoms with E-state index in [1.54, 1.807) is 24.3 Å². The largest absolute Gasteiger partial charge is 0.298 e. The van der Waals surface area contributed by atoms with Gasteiger partial charge in [0.2, 0.25) is 5.12 Å². The lowest BCUT2D eigenvalue weighted by Crippen LogP contribution is -1.96. The summed E-state index contributed by atoms with van der Waals surface area (Å²) in [6, 6.07) is 12.1. The number of hydrogen-bond donors (Lipinski definition) is 0. The summed E-state index contributed by atoms with van der Waals surface area (Å²) in [6.45, 7) is 0. The Labute approximate surface area is 118 Å². The minimum Gasteiger partial charge on any atom is -0.298 e. The summed E-state index contributed by atoms with van der Waals surface area (Å²) in [6.07, 6.45) is 0.686. The molecule has 0 fully saturated rings. The predicted molar refractivity (Wildman–Crippen MR) is 75.1 cm³/mol. The average molecular weight is 287 g/mol. The van der Waals surface area contributed by atoms with Gasteiger partial charge in [-0.3, -0.25) is 19.7 Å². The maximum atomic E-state index is 12.0. The fourth-order valence-corrected chi connectivity index (χ4v) is 2.38. The molecule has 0 saturated carbocycles. The predicted octanol–water partition coefficient (Wildman–Crippen LogP) is 3.34. The van der Waals surface area contributed by atoms with E-state index in [0.29, 0.717) is 22.3 Å². The monoisotopic (exact) mass is 287 g/mol. The number of nitrogens with zero attached hydrogens (tertiary/aromatic N) is 1. The van der Waals surface area contributed by atoms with Crippen molar-refractivity contribution in [1.29, 1.82) is 0 Å². The van der Waals surface area contributed by atoms with Gasteiger partial charge in [0.15, 0.2) is 6.29 Å². The zero-order valence-electron chi connectivity index (χ0n) is 10.2. The number of rotatable bonds is 4. The van der Waals surface area contributed by atoms with Gasteiger partial charge in [-0.2, -0.15) is 0 Å². The number of carbonyl (C=O) groups excluding carboxylic acids is 2.